The summed E-state index contributed by atoms with van der Waals surface area (Å²) in [5.41, 5.74) is 9.93. The van der Waals surface area contributed by atoms with Gasteiger partial charge in [-0.15, -0.1) is 11.6 Å². The van der Waals surface area contributed by atoms with Crippen LogP contribution in [0.1, 0.15) is 21.0 Å². The van der Waals surface area contributed by atoms with Gasteiger partial charge in [0.2, 0.25) is 6.23 Å². The molecule has 1 spiro atoms. The number of carbonyl (C=O) groups excluding carboxylic acids is 2. The molecule has 19 heteroatoms. The Morgan fingerprint density at radius 3 is 2.07 bits per heavy atom. The van der Waals surface area contributed by atoms with Crippen LogP contribution in [0.15, 0.2) is 30.3 Å². The van der Waals surface area contributed by atoms with Gasteiger partial charge in [-0.1, -0.05) is 0 Å². The Bertz CT molecular complexity index is 1490. The number of alkyl halides is 1. The van der Waals surface area contributed by atoms with Gasteiger partial charge < -0.3 is 30.8 Å². The number of nitrogens with two attached hydrogens (primary N) is 2. The first-order valence-corrected chi connectivity index (χ1v) is 16.0. The SMILES string of the molecule is NC1=[NH+][C@@H]2[N+]3=C(N)N[C@H](O)[C@@]34[C@H](Cl)[C@@H](CNC(=O)c3cc(Br)c(Br)[nH]3)[C@H](CNC(=O)c3cc(Br)c(Br)[nH]3)[C@H]4[C@]2(O)N1. The van der Waals surface area contributed by atoms with E-state index in [0.29, 0.717) is 29.5 Å². The number of aliphatic hydroxyl groups excluding tert-OH is 1. The Hall–Kier alpha value is -1.83. The fourth-order valence-electron chi connectivity index (χ4n) is 6.91. The molecule has 13 N–H and O–H groups in total. The molecular weight excluding hydrogens is 823 g/mol. The van der Waals surface area contributed by atoms with Gasteiger partial charge in [-0.05, 0) is 81.8 Å². The maximum atomic E-state index is 13.1. The van der Waals surface area contributed by atoms with Gasteiger partial charge in [-0.3, -0.25) is 21.1 Å². The van der Waals surface area contributed by atoms with E-state index in [1.54, 1.807) is 16.7 Å². The normalized spacial score (nSPS) is 35.0. The molecule has 1 saturated heterocycles. The number of hydrogen-bond donors (Lipinski definition) is 11. The summed E-state index contributed by atoms with van der Waals surface area (Å²) in [5, 5.41) is 34.3. The van der Waals surface area contributed by atoms with Crippen LogP contribution in [0.4, 0.5) is 0 Å². The van der Waals surface area contributed by atoms with E-state index < -0.39 is 52.7 Å². The molecule has 8 atom stereocenters. The third kappa shape index (κ3) is 4.19. The topological polar surface area (TPSA) is 223 Å². The molecule has 1 saturated carbocycles. The molecule has 0 bridgehead atoms. The van der Waals surface area contributed by atoms with Gasteiger partial charge >= 0.3 is 11.9 Å². The Morgan fingerprint density at radius 1 is 1.02 bits per heavy atom. The van der Waals surface area contributed by atoms with E-state index in [1.807, 2.05) is 0 Å². The molecule has 220 valence electrons. The van der Waals surface area contributed by atoms with Crippen LogP contribution in [-0.4, -0.2) is 90.6 Å². The maximum Gasteiger partial charge on any atom is 0.349 e. The summed E-state index contributed by atoms with van der Waals surface area (Å²) in [6.45, 7) is 0.105. The number of nitrogens with zero attached hydrogens (tertiary/aromatic N) is 1. The number of nitrogens with one attached hydrogen (secondary N) is 7. The number of carbonyl (C=O) groups is 2. The molecule has 2 aromatic heterocycles. The predicted molar refractivity (Wildman–Crippen MR) is 161 cm³/mol. The maximum absolute atomic E-state index is 13.1. The summed E-state index contributed by atoms with van der Waals surface area (Å²) in [7, 11) is 0. The van der Waals surface area contributed by atoms with Crippen molar-refractivity contribution in [2.24, 2.45) is 29.2 Å². The van der Waals surface area contributed by atoms with Crippen LogP contribution in [0.3, 0.4) is 0 Å². The number of rotatable bonds is 6. The second kappa shape index (κ2) is 10.1. The van der Waals surface area contributed by atoms with E-state index in [1.165, 1.54) is 0 Å². The molecule has 2 amide bonds. The Labute approximate surface area is 271 Å². The predicted octanol–water partition coefficient (Wildman–Crippen LogP) is -1.96. The second-order valence-corrected chi connectivity index (χ2v) is 14.2. The molecule has 5 heterocycles. The lowest BCUT2D eigenvalue weighted by atomic mass is 9.77. The monoisotopic (exact) mass is 844 g/mol. The molecule has 1 aliphatic carbocycles. The summed E-state index contributed by atoms with van der Waals surface area (Å²) in [6.07, 6.45) is -2.14. The Kier molecular flexibility index (Phi) is 7.22. The summed E-state index contributed by atoms with van der Waals surface area (Å²) in [6, 6.07) is 3.26. The molecular formula is C22H25Br4ClN10O4+2. The number of guanidine groups is 2. The fourth-order valence-corrected chi connectivity index (χ4v) is 8.86. The van der Waals surface area contributed by atoms with E-state index in [9.17, 15) is 19.8 Å². The number of H-pyrrole nitrogens is 2. The number of halogens is 5. The summed E-state index contributed by atoms with van der Waals surface area (Å²) in [5.74, 6) is -2.51. The molecule has 4 aliphatic rings. The van der Waals surface area contributed by atoms with Gasteiger partial charge in [-0.25, -0.2) is 20.2 Å². The molecule has 0 aromatic carbocycles. The molecule has 41 heavy (non-hydrogen) atoms. The first-order valence-electron chi connectivity index (χ1n) is 12.3. The standard InChI is InChI=1S/C22H23Br4ClN10O4/c23-7-1-9(32-13(7)25)15(38)30-3-5-6(4-31-16(39)10-2-8(24)14(26)33-10)12(27)21-11(5)22(41)17(34-19(28)36-22)37(21)20(29)35-18(21)40/h1-2,5-6,11-12,17-18,40-41H,3-4H2,(H9,28,29,30,31,32,33,34,35,36,38,39)/p+2/t5-,6-,11+,12+,17+,18+,21+,22+/m0/s1. The molecule has 0 unspecified atom stereocenters. The van der Waals surface area contributed by atoms with E-state index in [0.717, 1.165) is 0 Å². The van der Waals surface area contributed by atoms with E-state index in [4.69, 9.17) is 23.1 Å². The lowest BCUT2D eigenvalue weighted by Gasteiger charge is -2.33. The summed E-state index contributed by atoms with van der Waals surface area (Å²) >= 11 is 20.6. The molecule has 6 rings (SSSR count). The van der Waals surface area contributed by atoms with Crippen LogP contribution >= 0.6 is 75.3 Å². The number of aromatic nitrogens is 2. The zero-order chi connectivity index (χ0) is 29.6. The third-order valence-corrected chi connectivity index (χ3v) is 12.6. The lowest BCUT2D eigenvalue weighted by molar-refractivity contribution is -0.779. The molecule has 2 aromatic rings. The first kappa shape index (κ1) is 29.3. The van der Waals surface area contributed by atoms with Crippen molar-refractivity contribution >= 4 is 99.1 Å². The average Bonchev–Trinajstić information content (AvgIpc) is 3.67. The third-order valence-electron chi connectivity index (χ3n) is 8.41. The van der Waals surface area contributed by atoms with Gasteiger partial charge in [0.05, 0.1) is 29.4 Å². The van der Waals surface area contributed by atoms with Gasteiger partial charge in [0.25, 0.3) is 23.7 Å². The van der Waals surface area contributed by atoms with Crippen molar-refractivity contribution in [2.75, 3.05) is 13.1 Å². The Balaban J connectivity index is 1.36. The Morgan fingerprint density at radius 2 is 1.56 bits per heavy atom. The summed E-state index contributed by atoms with van der Waals surface area (Å²) in [4.78, 5) is 35.1. The minimum Gasteiger partial charge on any atom is -0.358 e. The number of amides is 2. The molecule has 2 fully saturated rings. The largest absolute Gasteiger partial charge is 0.358 e. The van der Waals surface area contributed by atoms with Crippen molar-refractivity contribution in [2.45, 2.75) is 29.0 Å². The van der Waals surface area contributed by atoms with Crippen molar-refractivity contribution in [3.8, 4) is 0 Å². The van der Waals surface area contributed by atoms with Crippen LogP contribution < -0.4 is 37.7 Å². The van der Waals surface area contributed by atoms with Crippen molar-refractivity contribution in [3.63, 3.8) is 0 Å². The zero-order valence-corrected chi connectivity index (χ0v) is 27.8. The van der Waals surface area contributed by atoms with Gasteiger partial charge in [-0.2, -0.15) is 0 Å². The van der Waals surface area contributed by atoms with Crippen LogP contribution in [-0.2, 0) is 0 Å². The van der Waals surface area contributed by atoms with E-state index >= 15 is 0 Å². The van der Waals surface area contributed by atoms with E-state index in [2.05, 4.69) is 99.9 Å². The highest BCUT2D eigenvalue weighted by molar-refractivity contribution is 9.13. The summed E-state index contributed by atoms with van der Waals surface area (Å²) < 4.78 is 4.20. The van der Waals surface area contributed by atoms with Crippen molar-refractivity contribution in [1.82, 2.24) is 31.2 Å². The number of hydrogen-bond acceptors (Lipinski definition) is 8. The molecule has 0 radical (unpaired) electrons. The van der Waals surface area contributed by atoms with Crippen molar-refractivity contribution in [1.29, 1.82) is 0 Å². The van der Waals surface area contributed by atoms with E-state index in [-0.39, 0.29) is 30.9 Å². The minimum atomic E-state index is -1.73. The second-order valence-electron chi connectivity index (χ2n) is 10.4. The number of aromatic amines is 2. The van der Waals surface area contributed by atoms with Crippen molar-refractivity contribution in [3.05, 3.63) is 41.7 Å². The van der Waals surface area contributed by atoms with Gasteiger partial charge in [0.15, 0.2) is 5.54 Å². The van der Waals surface area contributed by atoms with Crippen molar-refractivity contribution < 1.29 is 29.4 Å². The van der Waals surface area contributed by atoms with Crippen LogP contribution in [0, 0.1) is 17.8 Å². The highest BCUT2D eigenvalue weighted by Crippen LogP contribution is 2.59. The highest BCUT2D eigenvalue weighted by Gasteiger charge is 2.85. The van der Waals surface area contributed by atoms with Gasteiger partial charge in [0, 0.05) is 19.0 Å². The zero-order valence-electron chi connectivity index (χ0n) is 20.7. The quantitative estimate of drug-likeness (QED) is 0.116. The smallest absolute Gasteiger partial charge is 0.349 e. The minimum absolute atomic E-state index is 0.0416. The van der Waals surface area contributed by atoms with Crippen LogP contribution in [0.25, 0.3) is 0 Å². The highest BCUT2D eigenvalue weighted by atomic mass is 79.9. The molecule has 3 aliphatic heterocycles. The number of aliphatic hydroxyl groups is 2. The van der Waals surface area contributed by atoms with Crippen LogP contribution in [0.5, 0.6) is 0 Å². The fraction of sp³-hybridized carbons (Fsp3) is 0.455. The van der Waals surface area contributed by atoms with Gasteiger partial charge in [0.1, 0.15) is 11.4 Å². The lowest BCUT2D eigenvalue weighted by Crippen LogP contribution is -2.84. The molecule has 14 nitrogen and oxygen atoms in total. The van der Waals surface area contributed by atoms with Crippen LogP contribution in [0.2, 0.25) is 0 Å². The number of fused-ring (bicyclic) bond motifs is 3. The first-order chi connectivity index (χ1) is 19.3. The average molecular weight is 849 g/mol.